The number of aliphatic hydroxyl groups excluding tert-OH is 1. The highest BCUT2D eigenvalue weighted by Crippen LogP contribution is 2.41. The minimum atomic E-state index is -0.0645. The molecule has 6 nitrogen and oxygen atoms in total. The number of amides is 2. The van der Waals surface area contributed by atoms with Crippen LogP contribution in [0.3, 0.4) is 0 Å². The highest BCUT2D eigenvalue weighted by molar-refractivity contribution is 5.74. The lowest BCUT2D eigenvalue weighted by molar-refractivity contribution is 0.150. The molecular formula is C21H33N3O3. The van der Waals surface area contributed by atoms with Gasteiger partial charge in [0.05, 0.1) is 19.3 Å². The lowest BCUT2D eigenvalue weighted by Gasteiger charge is -2.43. The molecule has 2 amide bonds. The van der Waals surface area contributed by atoms with Crippen molar-refractivity contribution in [2.75, 3.05) is 44.3 Å². The molecule has 2 heterocycles. The molecule has 2 aliphatic rings. The van der Waals surface area contributed by atoms with Crippen LogP contribution in [0.1, 0.15) is 33.6 Å². The van der Waals surface area contributed by atoms with Crippen LogP contribution in [0.15, 0.2) is 24.3 Å². The monoisotopic (exact) mass is 375 g/mol. The summed E-state index contributed by atoms with van der Waals surface area (Å²) in [6.45, 7) is 10.0. The second kappa shape index (κ2) is 8.38. The number of hydrogen-bond donors (Lipinski definition) is 2. The second-order valence-electron chi connectivity index (χ2n) is 8.35. The molecule has 0 aromatic heterocycles. The Kier molecular flexibility index (Phi) is 6.15. The van der Waals surface area contributed by atoms with Crippen molar-refractivity contribution >= 4 is 11.7 Å². The zero-order chi connectivity index (χ0) is 19.4. The number of carbonyl (C=O) groups is 1. The molecule has 2 bridgehead atoms. The van der Waals surface area contributed by atoms with Gasteiger partial charge in [0.2, 0.25) is 0 Å². The van der Waals surface area contributed by atoms with E-state index in [1.165, 1.54) is 12.1 Å². The molecular weight excluding hydrogens is 342 g/mol. The molecule has 3 rings (SSSR count). The fourth-order valence-corrected chi connectivity index (χ4v) is 4.38. The van der Waals surface area contributed by atoms with E-state index in [4.69, 9.17) is 9.84 Å². The summed E-state index contributed by atoms with van der Waals surface area (Å²) in [6, 6.07) is 8.53. The van der Waals surface area contributed by atoms with E-state index < -0.39 is 0 Å². The lowest BCUT2D eigenvalue weighted by atomic mass is 9.78. The first kappa shape index (κ1) is 19.8. The predicted octanol–water partition coefficient (Wildman–Crippen LogP) is 2.71. The number of nitrogens with zero attached hydrogens (tertiary/aromatic N) is 2. The first-order valence-corrected chi connectivity index (χ1v) is 10.1. The van der Waals surface area contributed by atoms with Crippen LogP contribution in [0, 0.1) is 11.3 Å². The van der Waals surface area contributed by atoms with Crippen LogP contribution >= 0.6 is 0 Å². The fraction of sp³-hybridized carbons (Fsp3) is 0.667. The van der Waals surface area contributed by atoms with Crippen molar-refractivity contribution in [2.45, 2.75) is 39.7 Å². The molecule has 6 heteroatoms. The van der Waals surface area contributed by atoms with Crippen LogP contribution in [0.4, 0.5) is 10.5 Å². The number of ether oxygens (including phenoxy) is 1. The van der Waals surface area contributed by atoms with Gasteiger partial charge in [-0.2, -0.15) is 0 Å². The first-order valence-electron chi connectivity index (χ1n) is 10.1. The Morgan fingerprint density at radius 1 is 1.26 bits per heavy atom. The number of benzene rings is 1. The van der Waals surface area contributed by atoms with Gasteiger partial charge in [-0.15, -0.1) is 0 Å². The molecule has 1 aromatic rings. The zero-order valence-electron chi connectivity index (χ0n) is 16.8. The molecule has 27 heavy (non-hydrogen) atoms. The molecule has 0 spiro atoms. The maximum atomic E-state index is 12.6. The zero-order valence-corrected chi connectivity index (χ0v) is 16.8. The Balaban J connectivity index is 1.85. The van der Waals surface area contributed by atoms with Gasteiger partial charge in [-0.3, -0.25) is 0 Å². The van der Waals surface area contributed by atoms with Crippen molar-refractivity contribution in [1.82, 2.24) is 10.2 Å². The lowest BCUT2D eigenvalue weighted by Crippen LogP contribution is -2.53. The number of urea groups is 1. The molecule has 0 radical (unpaired) electrons. The van der Waals surface area contributed by atoms with E-state index in [9.17, 15) is 4.79 Å². The summed E-state index contributed by atoms with van der Waals surface area (Å²) in [4.78, 5) is 17.0. The summed E-state index contributed by atoms with van der Waals surface area (Å²) in [6.07, 6.45) is 2.29. The van der Waals surface area contributed by atoms with E-state index in [0.29, 0.717) is 25.6 Å². The van der Waals surface area contributed by atoms with Crippen LogP contribution in [-0.4, -0.2) is 61.5 Å². The maximum absolute atomic E-state index is 12.6. The number of nitrogens with one attached hydrogen (secondary N) is 1. The van der Waals surface area contributed by atoms with Crippen molar-refractivity contribution in [3.8, 4) is 5.75 Å². The number of aliphatic hydroxyl groups is 1. The summed E-state index contributed by atoms with van der Waals surface area (Å²) >= 11 is 0. The van der Waals surface area contributed by atoms with E-state index in [1.54, 1.807) is 0 Å². The average molecular weight is 376 g/mol. The summed E-state index contributed by atoms with van der Waals surface area (Å²) in [5.74, 6) is 1.34. The van der Waals surface area contributed by atoms with E-state index in [0.717, 1.165) is 25.3 Å². The van der Waals surface area contributed by atoms with Gasteiger partial charge in [0.1, 0.15) is 5.75 Å². The molecule has 0 saturated carbocycles. The predicted molar refractivity (Wildman–Crippen MR) is 107 cm³/mol. The van der Waals surface area contributed by atoms with E-state index in [1.807, 2.05) is 24.0 Å². The maximum Gasteiger partial charge on any atom is 0.317 e. The Bertz CT molecular complexity index is 632. The number of carbonyl (C=O) groups excluding carboxylic acids is 1. The largest absolute Gasteiger partial charge is 0.494 e. The summed E-state index contributed by atoms with van der Waals surface area (Å²) in [7, 11) is 0. The van der Waals surface area contributed by atoms with Crippen LogP contribution in [0.2, 0.25) is 0 Å². The van der Waals surface area contributed by atoms with Crippen molar-refractivity contribution in [3.63, 3.8) is 0 Å². The number of likely N-dealkylation sites (tertiary alicyclic amines) is 1. The van der Waals surface area contributed by atoms with Crippen molar-refractivity contribution in [1.29, 1.82) is 0 Å². The third kappa shape index (κ3) is 4.49. The van der Waals surface area contributed by atoms with Crippen molar-refractivity contribution in [2.24, 2.45) is 11.3 Å². The number of anilines is 1. The SMILES string of the molecule is CCOc1ccc(N2CC3CCC(C)(C)C2CN(C(=O)NCCO)C3)cc1. The topological polar surface area (TPSA) is 65.0 Å². The number of fused-ring (bicyclic) bond motifs is 3. The van der Waals surface area contributed by atoms with Gasteiger partial charge in [0, 0.05) is 31.9 Å². The first-order chi connectivity index (χ1) is 12.9. The number of hydrogen-bond acceptors (Lipinski definition) is 4. The standard InChI is InChI=1S/C21H33N3O3/c1-4-27-18-7-5-17(6-8-18)24-14-16-9-10-21(2,3)19(24)15-23(13-16)20(26)22-11-12-25/h5-8,16,19,25H,4,9-15H2,1-3H3,(H,22,26). The van der Waals surface area contributed by atoms with Crippen molar-refractivity contribution < 1.29 is 14.6 Å². The summed E-state index contributed by atoms with van der Waals surface area (Å²) in [5.41, 5.74) is 1.31. The van der Waals surface area contributed by atoms with Gasteiger partial charge >= 0.3 is 6.03 Å². The summed E-state index contributed by atoms with van der Waals surface area (Å²) < 4.78 is 5.59. The Morgan fingerprint density at radius 3 is 2.67 bits per heavy atom. The Hall–Kier alpha value is -1.95. The molecule has 2 atom stereocenters. The molecule has 0 aliphatic carbocycles. The fourth-order valence-electron chi connectivity index (χ4n) is 4.38. The molecule has 2 saturated heterocycles. The van der Waals surface area contributed by atoms with Gasteiger partial charge in [0.15, 0.2) is 0 Å². The average Bonchev–Trinajstić information content (AvgIpc) is 2.92. The summed E-state index contributed by atoms with van der Waals surface area (Å²) in [5, 5.41) is 11.8. The molecule has 2 unspecified atom stereocenters. The normalized spacial score (nSPS) is 24.3. The minimum Gasteiger partial charge on any atom is -0.494 e. The van der Waals surface area contributed by atoms with Gasteiger partial charge in [-0.05, 0) is 55.4 Å². The van der Waals surface area contributed by atoms with Crippen LogP contribution in [0.5, 0.6) is 5.75 Å². The van der Waals surface area contributed by atoms with E-state index >= 15 is 0 Å². The molecule has 150 valence electrons. The molecule has 1 aromatic carbocycles. The third-order valence-corrected chi connectivity index (χ3v) is 5.96. The quantitative estimate of drug-likeness (QED) is 0.831. The Morgan fingerprint density at radius 2 is 2.00 bits per heavy atom. The Labute approximate surface area is 162 Å². The van der Waals surface area contributed by atoms with E-state index in [2.05, 4.69) is 36.2 Å². The van der Waals surface area contributed by atoms with Crippen LogP contribution in [0.25, 0.3) is 0 Å². The highest BCUT2D eigenvalue weighted by atomic mass is 16.5. The minimum absolute atomic E-state index is 0.0315. The van der Waals surface area contributed by atoms with Crippen LogP contribution in [-0.2, 0) is 0 Å². The molecule has 2 fully saturated rings. The van der Waals surface area contributed by atoms with Crippen molar-refractivity contribution in [3.05, 3.63) is 24.3 Å². The highest BCUT2D eigenvalue weighted by Gasteiger charge is 2.43. The van der Waals surface area contributed by atoms with Gasteiger partial charge < -0.3 is 25.0 Å². The third-order valence-electron chi connectivity index (χ3n) is 5.96. The van der Waals surface area contributed by atoms with E-state index in [-0.39, 0.29) is 24.1 Å². The smallest absolute Gasteiger partial charge is 0.317 e. The molecule has 2 N–H and O–H groups in total. The van der Waals surface area contributed by atoms with Crippen LogP contribution < -0.4 is 15.0 Å². The molecule has 2 aliphatic heterocycles. The second-order valence-corrected chi connectivity index (χ2v) is 8.35. The number of rotatable bonds is 5. The van der Waals surface area contributed by atoms with Gasteiger partial charge in [0.25, 0.3) is 0 Å². The van der Waals surface area contributed by atoms with Gasteiger partial charge in [-0.1, -0.05) is 13.8 Å². The van der Waals surface area contributed by atoms with Gasteiger partial charge in [-0.25, -0.2) is 4.79 Å².